The molecule has 0 aliphatic carbocycles. The zero-order chi connectivity index (χ0) is 13.7. The van der Waals surface area contributed by atoms with Gasteiger partial charge in [0.1, 0.15) is 10.7 Å². The van der Waals surface area contributed by atoms with Crippen LogP contribution in [-0.2, 0) is 0 Å². The number of terminal acetylenes is 1. The van der Waals surface area contributed by atoms with Gasteiger partial charge in [-0.1, -0.05) is 11.3 Å². The van der Waals surface area contributed by atoms with Crippen LogP contribution in [0.5, 0.6) is 0 Å². The van der Waals surface area contributed by atoms with E-state index in [0.29, 0.717) is 23.7 Å². The molecule has 0 spiro atoms. The van der Waals surface area contributed by atoms with Crippen LogP contribution in [0, 0.1) is 12.3 Å². The second-order valence-electron chi connectivity index (χ2n) is 4.47. The smallest absolute Gasteiger partial charge is 0.265 e. The Balaban J connectivity index is 1.95. The van der Waals surface area contributed by atoms with Gasteiger partial charge in [0, 0.05) is 26.1 Å². The summed E-state index contributed by atoms with van der Waals surface area (Å²) in [5.74, 6) is 2.71. The number of hydrogen-bond acceptors (Lipinski definition) is 5. The van der Waals surface area contributed by atoms with E-state index in [1.807, 2.05) is 0 Å². The Bertz CT molecular complexity index is 485. The Labute approximate surface area is 117 Å². The van der Waals surface area contributed by atoms with Crippen LogP contribution in [0.25, 0.3) is 0 Å². The van der Waals surface area contributed by atoms with E-state index in [4.69, 9.17) is 12.2 Å². The first kappa shape index (κ1) is 13.7. The number of carbonyl (C=O) groups is 1. The van der Waals surface area contributed by atoms with Crippen molar-refractivity contribution in [1.82, 2.24) is 10.3 Å². The molecule has 19 heavy (non-hydrogen) atoms. The van der Waals surface area contributed by atoms with Gasteiger partial charge in [-0.3, -0.25) is 4.79 Å². The van der Waals surface area contributed by atoms with Gasteiger partial charge in [0.15, 0.2) is 5.13 Å². The van der Waals surface area contributed by atoms with Gasteiger partial charge >= 0.3 is 0 Å². The number of hydrogen-bond donors (Lipinski definition) is 2. The van der Waals surface area contributed by atoms with Crippen molar-refractivity contribution in [3.05, 3.63) is 4.88 Å². The lowest BCUT2D eigenvalue weighted by molar-refractivity contribution is 0.0958. The SMILES string of the molecule is C#CCCCNC(=O)c1sc(N2CCCC2)nc1N. The summed E-state index contributed by atoms with van der Waals surface area (Å²) < 4.78 is 0. The molecule has 1 aromatic heterocycles. The first-order valence-corrected chi connectivity index (χ1v) is 7.27. The van der Waals surface area contributed by atoms with Gasteiger partial charge in [0.2, 0.25) is 0 Å². The number of aromatic nitrogens is 1. The standard InChI is InChI=1S/C13H18N4OS/c1-2-3-4-7-15-12(18)10-11(14)16-13(19-10)17-8-5-6-9-17/h1H,3-9,14H2,(H,15,18). The second kappa shape index (κ2) is 6.43. The van der Waals surface area contributed by atoms with Crippen molar-refractivity contribution in [1.29, 1.82) is 0 Å². The third kappa shape index (κ3) is 3.38. The maximum Gasteiger partial charge on any atom is 0.265 e. The van der Waals surface area contributed by atoms with Gasteiger partial charge in [-0.05, 0) is 19.3 Å². The highest BCUT2D eigenvalue weighted by Gasteiger charge is 2.21. The van der Waals surface area contributed by atoms with Crippen LogP contribution < -0.4 is 16.0 Å². The Morgan fingerprint density at radius 3 is 2.95 bits per heavy atom. The zero-order valence-electron chi connectivity index (χ0n) is 10.8. The van der Waals surface area contributed by atoms with Crippen LogP contribution in [-0.4, -0.2) is 30.5 Å². The number of amides is 1. The Kier molecular flexibility index (Phi) is 4.63. The molecule has 102 valence electrons. The Morgan fingerprint density at radius 1 is 1.53 bits per heavy atom. The van der Waals surface area contributed by atoms with Crippen LogP contribution in [0.1, 0.15) is 35.4 Å². The number of rotatable bonds is 5. The topological polar surface area (TPSA) is 71.2 Å². The van der Waals surface area contributed by atoms with Crippen molar-refractivity contribution >= 4 is 28.2 Å². The lowest BCUT2D eigenvalue weighted by Crippen LogP contribution is -2.24. The highest BCUT2D eigenvalue weighted by molar-refractivity contribution is 7.18. The molecule has 0 radical (unpaired) electrons. The molecule has 0 bridgehead atoms. The molecule has 2 rings (SSSR count). The lowest BCUT2D eigenvalue weighted by atomic mass is 10.3. The molecule has 0 unspecified atom stereocenters. The van der Waals surface area contributed by atoms with Crippen molar-refractivity contribution < 1.29 is 4.79 Å². The molecule has 1 aliphatic rings. The number of nitrogens with zero attached hydrogens (tertiary/aromatic N) is 2. The second-order valence-corrected chi connectivity index (χ2v) is 5.45. The number of carbonyl (C=O) groups excluding carboxylic acids is 1. The molecular weight excluding hydrogens is 260 g/mol. The third-order valence-electron chi connectivity index (χ3n) is 3.01. The summed E-state index contributed by atoms with van der Waals surface area (Å²) in [6, 6.07) is 0. The maximum atomic E-state index is 12.0. The molecule has 3 N–H and O–H groups in total. The van der Waals surface area contributed by atoms with E-state index in [1.54, 1.807) is 0 Å². The fourth-order valence-electron chi connectivity index (χ4n) is 2.00. The summed E-state index contributed by atoms with van der Waals surface area (Å²) in [7, 11) is 0. The molecule has 5 nitrogen and oxygen atoms in total. The van der Waals surface area contributed by atoms with Gasteiger partial charge in [0.25, 0.3) is 5.91 Å². The normalized spacial score (nSPS) is 14.4. The van der Waals surface area contributed by atoms with E-state index in [-0.39, 0.29) is 5.91 Å². The summed E-state index contributed by atoms with van der Waals surface area (Å²) in [5.41, 5.74) is 5.82. The van der Waals surface area contributed by atoms with E-state index in [9.17, 15) is 4.79 Å². The Hall–Kier alpha value is -1.74. The van der Waals surface area contributed by atoms with Crippen molar-refractivity contribution in [2.45, 2.75) is 25.7 Å². The summed E-state index contributed by atoms with van der Waals surface area (Å²) in [5, 5.41) is 3.67. The van der Waals surface area contributed by atoms with E-state index in [1.165, 1.54) is 24.2 Å². The first-order chi connectivity index (χ1) is 9.22. The Morgan fingerprint density at radius 2 is 2.26 bits per heavy atom. The monoisotopic (exact) mass is 278 g/mol. The lowest BCUT2D eigenvalue weighted by Gasteiger charge is -2.11. The first-order valence-electron chi connectivity index (χ1n) is 6.45. The fraction of sp³-hybridized carbons (Fsp3) is 0.538. The number of nitrogen functional groups attached to an aromatic ring is 1. The quantitative estimate of drug-likeness (QED) is 0.632. The molecule has 1 fully saturated rings. The van der Waals surface area contributed by atoms with Crippen molar-refractivity contribution in [2.75, 3.05) is 30.3 Å². The third-order valence-corrected chi connectivity index (χ3v) is 4.14. The molecule has 6 heteroatoms. The van der Waals surface area contributed by atoms with E-state index < -0.39 is 0 Å². The summed E-state index contributed by atoms with van der Waals surface area (Å²) in [6.07, 6.45) is 8.95. The van der Waals surface area contributed by atoms with E-state index in [2.05, 4.69) is 21.1 Å². The van der Waals surface area contributed by atoms with Gasteiger partial charge in [-0.2, -0.15) is 0 Å². The van der Waals surface area contributed by atoms with E-state index >= 15 is 0 Å². The predicted molar refractivity (Wildman–Crippen MR) is 78.4 cm³/mol. The molecule has 1 saturated heterocycles. The predicted octanol–water partition coefficient (Wildman–Crippen LogP) is 1.47. The fourth-order valence-corrected chi connectivity index (χ4v) is 2.95. The molecule has 2 heterocycles. The molecule has 1 amide bonds. The van der Waals surface area contributed by atoms with Crippen molar-refractivity contribution in [3.8, 4) is 12.3 Å². The minimum absolute atomic E-state index is 0.155. The number of nitrogens with one attached hydrogen (secondary N) is 1. The highest BCUT2D eigenvalue weighted by Crippen LogP contribution is 2.30. The van der Waals surface area contributed by atoms with Crippen molar-refractivity contribution in [2.24, 2.45) is 0 Å². The average molecular weight is 278 g/mol. The van der Waals surface area contributed by atoms with Crippen LogP contribution in [0.4, 0.5) is 10.9 Å². The van der Waals surface area contributed by atoms with Gasteiger partial charge < -0.3 is 16.0 Å². The number of thiazole rings is 1. The van der Waals surface area contributed by atoms with Gasteiger partial charge in [-0.25, -0.2) is 4.98 Å². The van der Waals surface area contributed by atoms with Gasteiger partial charge in [0.05, 0.1) is 0 Å². The summed E-state index contributed by atoms with van der Waals surface area (Å²) >= 11 is 1.37. The van der Waals surface area contributed by atoms with Crippen LogP contribution in [0.3, 0.4) is 0 Å². The van der Waals surface area contributed by atoms with Crippen molar-refractivity contribution in [3.63, 3.8) is 0 Å². The molecule has 1 aromatic rings. The molecule has 1 aliphatic heterocycles. The number of nitrogens with two attached hydrogens (primary N) is 1. The molecule has 0 aromatic carbocycles. The minimum Gasteiger partial charge on any atom is -0.382 e. The summed E-state index contributed by atoms with van der Waals surface area (Å²) in [6.45, 7) is 2.56. The molecule has 0 saturated carbocycles. The maximum absolute atomic E-state index is 12.0. The summed E-state index contributed by atoms with van der Waals surface area (Å²) in [4.78, 5) is 18.9. The largest absolute Gasteiger partial charge is 0.382 e. The number of unbranched alkanes of at least 4 members (excludes halogenated alkanes) is 1. The molecule has 0 atom stereocenters. The van der Waals surface area contributed by atoms with Crippen LogP contribution >= 0.6 is 11.3 Å². The van der Waals surface area contributed by atoms with Gasteiger partial charge in [-0.15, -0.1) is 12.3 Å². The average Bonchev–Trinajstić information content (AvgIpc) is 3.03. The number of anilines is 2. The van der Waals surface area contributed by atoms with E-state index in [0.717, 1.165) is 24.6 Å². The molecular formula is C13H18N4OS. The van der Waals surface area contributed by atoms with Crippen LogP contribution in [0.15, 0.2) is 0 Å². The minimum atomic E-state index is -0.155. The van der Waals surface area contributed by atoms with Crippen LogP contribution in [0.2, 0.25) is 0 Å². The zero-order valence-corrected chi connectivity index (χ0v) is 11.6. The highest BCUT2D eigenvalue weighted by atomic mass is 32.1.